The summed E-state index contributed by atoms with van der Waals surface area (Å²) in [5, 5.41) is 3.39. The minimum absolute atomic E-state index is 0.226. The van der Waals surface area contributed by atoms with E-state index in [2.05, 4.69) is 70.2 Å². The van der Waals surface area contributed by atoms with E-state index in [1.807, 2.05) is 0 Å². The predicted molar refractivity (Wildman–Crippen MR) is 72.1 cm³/mol. The lowest BCUT2D eigenvalue weighted by Crippen LogP contribution is -2.20. The molecule has 0 saturated carbocycles. The second kappa shape index (κ2) is 4.88. The highest BCUT2D eigenvalue weighted by Crippen LogP contribution is 2.27. The molecule has 1 aromatic rings. The van der Waals surface area contributed by atoms with Gasteiger partial charge in [0.25, 0.3) is 0 Å². The number of hydrogen-bond donors (Lipinski definition) is 1. The van der Waals surface area contributed by atoms with E-state index in [-0.39, 0.29) is 5.41 Å². The van der Waals surface area contributed by atoms with Crippen LogP contribution in [0.25, 0.3) is 0 Å². The van der Waals surface area contributed by atoms with Crippen LogP contribution in [0.5, 0.6) is 0 Å². The quantitative estimate of drug-likeness (QED) is 0.787. The van der Waals surface area contributed by atoms with E-state index < -0.39 is 0 Å². The molecule has 0 aliphatic heterocycles. The molecule has 0 amide bonds. The molecular weight excluding hydrogens is 196 g/mol. The first kappa shape index (κ1) is 13.0. The highest BCUT2D eigenvalue weighted by molar-refractivity contribution is 5.49. The van der Waals surface area contributed by atoms with Crippen molar-refractivity contribution in [3.63, 3.8) is 0 Å². The van der Waals surface area contributed by atoms with Gasteiger partial charge < -0.3 is 5.32 Å². The Bertz CT molecular complexity index is 348. The Hall–Kier alpha value is -1.02. The van der Waals surface area contributed by atoms with E-state index >= 15 is 0 Å². The molecule has 1 N–H and O–H groups in total. The molecular formula is C14H24N2. The van der Waals surface area contributed by atoms with Crippen LogP contribution in [0.1, 0.15) is 31.9 Å². The van der Waals surface area contributed by atoms with Gasteiger partial charge >= 0.3 is 0 Å². The summed E-state index contributed by atoms with van der Waals surface area (Å²) in [6.07, 6.45) is 0. The largest absolute Gasteiger partial charge is 0.372 e. The van der Waals surface area contributed by atoms with Gasteiger partial charge in [-0.25, -0.2) is 0 Å². The molecule has 0 aliphatic rings. The van der Waals surface area contributed by atoms with Crippen molar-refractivity contribution in [2.24, 2.45) is 0 Å². The van der Waals surface area contributed by atoms with E-state index in [1.54, 1.807) is 0 Å². The van der Waals surface area contributed by atoms with E-state index in [4.69, 9.17) is 0 Å². The molecule has 2 heteroatoms. The molecule has 0 spiro atoms. The Morgan fingerprint density at radius 3 is 2.25 bits per heavy atom. The van der Waals surface area contributed by atoms with Gasteiger partial charge in [-0.05, 0) is 49.7 Å². The molecule has 0 radical (unpaired) electrons. The molecule has 0 heterocycles. The summed E-state index contributed by atoms with van der Waals surface area (Å²) in [5.41, 5.74) is 4.20. The Balaban J connectivity index is 2.83. The number of hydrogen-bond acceptors (Lipinski definition) is 2. The van der Waals surface area contributed by atoms with Gasteiger partial charge in [-0.3, -0.25) is 4.90 Å². The number of rotatable bonds is 3. The first-order valence-electron chi connectivity index (χ1n) is 5.80. The van der Waals surface area contributed by atoms with Crippen LogP contribution < -0.4 is 5.32 Å². The van der Waals surface area contributed by atoms with Gasteiger partial charge in [-0.1, -0.05) is 26.8 Å². The molecule has 0 aliphatic carbocycles. The van der Waals surface area contributed by atoms with Crippen LogP contribution in [0, 0.1) is 6.92 Å². The van der Waals surface area contributed by atoms with E-state index in [0.717, 1.165) is 6.67 Å². The average molecular weight is 220 g/mol. The summed E-state index contributed by atoms with van der Waals surface area (Å²) in [5.74, 6) is 0. The summed E-state index contributed by atoms with van der Waals surface area (Å²) in [6, 6.07) is 6.62. The topological polar surface area (TPSA) is 15.3 Å². The molecule has 0 unspecified atom stereocenters. The van der Waals surface area contributed by atoms with Crippen molar-refractivity contribution < 1.29 is 0 Å². The van der Waals surface area contributed by atoms with Crippen molar-refractivity contribution >= 4 is 5.69 Å². The summed E-state index contributed by atoms with van der Waals surface area (Å²) in [6.45, 7) is 9.81. The number of aryl methyl sites for hydroxylation is 1. The smallest absolute Gasteiger partial charge is 0.0673 e. The van der Waals surface area contributed by atoms with Gasteiger partial charge in [-0.2, -0.15) is 0 Å². The van der Waals surface area contributed by atoms with E-state index in [0.29, 0.717) is 0 Å². The second-order valence-corrected chi connectivity index (χ2v) is 5.69. The molecule has 1 aromatic carbocycles. The summed E-state index contributed by atoms with van der Waals surface area (Å²) in [4.78, 5) is 2.12. The van der Waals surface area contributed by atoms with Crippen LogP contribution in [-0.4, -0.2) is 25.7 Å². The van der Waals surface area contributed by atoms with Gasteiger partial charge in [0.2, 0.25) is 0 Å². The predicted octanol–water partition coefficient (Wildman–Crippen LogP) is 3.22. The Labute approximate surface area is 99.7 Å². The zero-order valence-electron chi connectivity index (χ0n) is 11.4. The fraction of sp³-hybridized carbons (Fsp3) is 0.571. The number of benzene rings is 1. The number of nitrogens with zero attached hydrogens (tertiary/aromatic N) is 1. The first-order chi connectivity index (χ1) is 7.30. The summed E-state index contributed by atoms with van der Waals surface area (Å²) >= 11 is 0. The van der Waals surface area contributed by atoms with Crippen LogP contribution in [0.15, 0.2) is 18.2 Å². The maximum Gasteiger partial charge on any atom is 0.0673 e. The number of nitrogens with one attached hydrogen (secondary N) is 1. The molecule has 0 saturated heterocycles. The SMILES string of the molecule is Cc1cc(NCN(C)C)ccc1C(C)(C)C. The molecule has 0 fully saturated rings. The molecule has 0 aromatic heterocycles. The van der Waals surface area contributed by atoms with Gasteiger partial charge in [-0.15, -0.1) is 0 Å². The van der Waals surface area contributed by atoms with Crippen molar-refractivity contribution in [2.75, 3.05) is 26.1 Å². The maximum absolute atomic E-state index is 3.39. The standard InChI is InChI=1S/C14H24N2/c1-11-9-12(15-10-16(5)6)7-8-13(11)14(2,3)4/h7-9,15H,10H2,1-6H3. The zero-order valence-corrected chi connectivity index (χ0v) is 11.4. The van der Waals surface area contributed by atoms with Crippen molar-refractivity contribution in [3.05, 3.63) is 29.3 Å². The highest BCUT2D eigenvalue weighted by atomic mass is 15.2. The first-order valence-corrected chi connectivity index (χ1v) is 5.80. The maximum atomic E-state index is 3.39. The second-order valence-electron chi connectivity index (χ2n) is 5.69. The lowest BCUT2D eigenvalue weighted by atomic mass is 9.84. The van der Waals surface area contributed by atoms with Gasteiger partial charge in [0.05, 0.1) is 6.67 Å². The van der Waals surface area contributed by atoms with E-state index in [9.17, 15) is 0 Å². The summed E-state index contributed by atoms with van der Waals surface area (Å²) in [7, 11) is 4.12. The van der Waals surface area contributed by atoms with Gasteiger partial charge in [0.15, 0.2) is 0 Å². The molecule has 90 valence electrons. The average Bonchev–Trinajstić information content (AvgIpc) is 2.12. The summed E-state index contributed by atoms with van der Waals surface area (Å²) < 4.78 is 0. The minimum atomic E-state index is 0.226. The van der Waals surface area contributed by atoms with Crippen LogP contribution in [0.4, 0.5) is 5.69 Å². The molecule has 1 rings (SSSR count). The molecule has 0 bridgehead atoms. The lowest BCUT2D eigenvalue weighted by molar-refractivity contribution is 0.440. The van der Waals surface area contributed by atoms with E-state index in [1.165, 1.54) is 16.8 Å². The fourth-order valence-corrected chi connectivity index (χ4v) is 1.86. The van der Waals surface area contributed by atoms with Crippen molar-refractivity contribution in [3.8, 4) is 0 Å². The van der Waals surface area contributed by atoms with Crippen molar-refractivity contribution in [1.29, 1.82) is 0 Å². The van der Waals surface area contributed by atoms with Gasteiger partial charge in [0, 0.05) is 5.69 Å². The third-order valence-corrected chi connectivity index (χ3v) is 2.63. The Morgan fingerprint density at radius 2 is 1.81 bits per heavy atom. The van der Waals surface area contributed by atoms with Crippen LogP contribution in [-0.2, 0) is 5.41 Å². The minimum Gasteiger partial charge on any atom is -0.372 e. The highest BCUT2D eigenvalue weighted by Gasteiger charge is 2.15. The zero-order chi connectivity index (χ0) is 12.3. The third kappa shape index (κ3) is 3.53. The lowest BCUT2D eigenvalue weighted by Gasteiger charge is -2.22. The normalized spacial score (nSPS) is 11.9. The van der Waals surface area contributed by atoms with Crippen LogP contribution in [0.3, 0.4) is 0 Å². The van der Waals surface area contributed by atoms with Crippen molar-refractivity contribution in [2.45, 2.75) is 33.1 Å². The van der Waals surface area contributed by atoms with Crippen molar-refractivity contribution in [1.82, 2.24) is 4.90 Å². The monoisotopic (exact) mass is 220 g/mol. The molecule has 0 atom stereocenters. The fourth-order valence-electron chi connectivity index (χ4n) is 1.86. The number of anilines is 1. The molecule has 2 nitrogen and oxygen atoms in total. The Kier molecular flexibility index (Phi) is 3.98. The van der Waals surface area contributed by atoms with Gasteiger partial charge in [0.1, 0.15) is 0 Å². The third-order valence-electron chi connectivity index (χ3n) is 2.63. The Morgan fingerprint density at radius 1 is 1.19 bits per heavy atom. The molecule has 16 heavy (non-hydrogen) atoms. The van der Waals surface area contributed by atoms with Crippen LogP contribution >= 0.6 is 0 Å². The van der Waals surface area contributed by atoms with Crippen LogP contribution in [0.2, 0.25) is 0 Å².